The van der Waals surface area contributed by atoms with Gasteiger partial charge in [0, 0.05) is 0 Å². The Kier molecular flexibility index (Phi) is 2.51. The lowest BCUT2D eigenvalue weighted by atomic mass is 10.3. The number of aromatic nitrogens is 1. The highest BCUT2D eigenvalue weighted by Gasteiger charge is 2.27. The van der Waals surface area contributed by atoms with Gasteiger partial charge in [-0.25, -0.2) is 4.98 Å². The van der Waals surface area contributed by atoms with Crippen molar-refractivity contribution in [3.05, 3.63) is 30.2 Å². The lowest BCUT2D eigenvalue weighted by Crippen LogP contribution is -1.96. The fraction of sp³-hybridized carbons (Fsp3) is 0.125. The number of hydrogen-bond acceptors (Lipinski definition) is 2. The zero-order valence-electron chi connectivity index (χ0n) is 6.30. The van der Waals surface area contributed by atoms with Crippen molar-refractivity contribution in [1.29, 1.82) is 0 Å². The van der Waals surface area contributed by atoms with E-state index in [4.69, 9.17) is 4.42 Å². The average Bonchev–Trinajstić information content (AvgIpc) is 2.45. The van der Waals surface area contributed by atoms with Gasteiger partial charge in [-0.15, -0.1) is 0 Å². The van der Waals surface area contributed by atoms with E-state index in [0.29, 0.717) is 5.89 Å². The van der Waals surface area contributed by atoms with Crippen LogP contribution in [0.1, 0.15) is 5.89 Å². The van der Waals surface area contributed by atoms with E-state index >= 15 is 0 Å². The molecule has 5 heteroatoms. The van der Waals surface area contributed by atoms with Crippen molar-refractivity contribution in [2.24, 2.45) is 0 Å². The number of rotatable bonds is 0. The molecule has 0 radical (unpaired) electrons. The Labute approximate surface area is 100 Å². The normalized spacial score (nSPS) is 12.2. The van der Waals surface area contributed by atoms with Crippen molar-refractivity contribution < 1.29 is 4.42 Å². The monoisotopic (exact) mass is 367 g/mol. The molecule has 0 saturated heterocycles. The van der Waals surface area contributed by atoms with Gasteiger partial charge >= 0.3 is 0 Å². The second-order valence-electron chi connectivity index (χ2n) is 2.48. The summed E-state index contributed by atoms with van der Waals surface area (Å²) in [6.45, 7) is 0. The van der Waals surface area contributed by atoms with Crippen LogP contribution in [0.4, 0.5) is 0 Å². The second kappa shape index (κ2) is 3.37. The molecule has 0 saturated carbocycles. The van der Waals surface area contributed by atoms with Crippen LogP contribution in [0.3, 0.4) is 0 Å². The molecular weight excluding hydrogens is 366 g/mol. The third kappa shape index (κ3) is 1.97. The molecule has 0 amide bonds. The van der Waals surface area contributed by atoms with Crippen LogP contribution in [-0.4, -0.2) is 4.98 Å². The van der Waals surface area contributed by atoms with Crippen molar-refractivity contribution in [2.75, 3.05) is 0 Å². The summed E-state index contributed by atoms with van der Waals surface area (Å²) in [5.74, 6) is 0.550. The molecular formula is C8H4Br3NO. The first-order chi connectivity index (χ1) is 6.07. The van der Waals surface area contributed by atoms with E-state index in [2.05, 4.69) is 52.8 Å². The van der Waals surface area contributed by atoms with Gasteiger partial charge in [-0.1, -0.05) is 12.1 Å². The van der Waals surface area contributed by atoms with Crippen LogP contribution >= 0.6 is 47.8 Å². The minimum Gasteiger partial charge on any atom is -0.437 e. The maximum absolute atomic E-state index is 5.48. The average molecular weight is 370 g/mol. The number of fused-ring (bicyclic) bond motifs is 1. The summed E-state index contributed by atoms with van der Waals surface area (Å²) >= 11 is 10.0. The van der Waals surface area contributed by atoms with Gasteiger partial charge in [-0.2, -0.15) is 0 Å². The molecule has 0 aliphatic carbocycles. The molecule has 2 rings (SSSR count). The number of oxazole rings is 1. The second-order valence-corrected chi connectivity index (χ2v) is 9.25. The smallest absolute Gasteiger partial charge is 0.234 e. The molecule has 0 unspecified atom stereocenters. The Bertz CT molecular complexity index is 399. The third-order valence-corrected chi connectivity index (χ3v) is 2.55. The molecule has 0 fully saturated rings. The number of para-hydroxylation sites is 2. The first kappa shape index (κ1) is 9.68. The molecule has 0 aliphatic heterocycles. The van der Waals surface area contributed by atoms with Gasteiger partial charge in [0.1, 0.15) is 5.52 Å². The van der Waals surface area contributed by atoms with Crippen LogP contribution in [0, 0.1) is 0 Å². The lowest BCUT2D eigenvalue weighted by molar-refractivity contribution is 0.551. The van der Waals surface area contributed by atoms with Gasteiger partial charge < -0.3 is 4.42 Å². The van der Waals surface area contributed by atoms with E-state index in [1.54, 1.807) is 0 Å². The highest BCUT2D eigenvalue weighted by atomic mass is 80.0. The number of hydrogen-bond donors (Lipinski definition) is 0. The fourth-order valence-electron chi connectivity index (χ4n) is 0.993. The summed E-state index contributed by atoms with van der Waals surface area (Å²) in [6.07, 6.45) is 0. The van der Waals surface area contributed by atoms with E-state index in [1.807, 2.05) is 24.3 Å². The highest BCUT2D eigenvalue weighted by molar-refractivity contribution is 9.38. The quantitative estimate of drug-likeness (QED) is 0.653. The van der Waals surface area contributed by atoms with Crippen LogP contribution < -0.4 is 0 Å². The topological polar surface area (TPSA) is 26.0 Å². The standard InChI is InChI=1S/C8H4Br3NO/c9-8(10,11)7-12-5-3-1-2-4-6(5)13-7/h1-4H. The van der Waals surface area contributed by atoms with Crippen molar-refractivity contribution in [2.45, 2.75) is 2.14 Å². The minimum atomic E-state index is -0.577. The summed E-state index contributed by atoms with van der Waals surface area (Å²) < 4.78 is 4.90. The van der Waals surface area contributed by atoms with Crippen molar-refractivity contribution >= 4 is 58.9 Å². The first-order valence-electron chi connectivity index (χ1n) is 3.50. The Balaban J connectivity index is 2.63. The number of alkyl halides is 3. The molecule has 68 valence electrons. The first-order valence-corrected chi connectivity index (χ1v) is 5.88. The van der Waals surface area contributed by atoms with E-state index in [1.165, 1.54) is 0 Å². The number of nitrogens with zero attached hydrogens (tertiary/aromatic N) is 1. The molecule has 0 spiro atoms. The Morgan fingerprint density at radius 1 is 1.15 bits per heavy atom. The predicted molar refractivity (Wildman–Crippen MR) is 62.5 cm³/mol. The third-order valence-electron chi connectivity index (χ3n) is 1.54. The van der Waals surface area contributed by atoms with Gasteiger partial charge in [-0.05, 0) is 59.9 Å². The summed E-state index contributed by atoms with van der Waals surface area (Å²) in [6, 6.07) is 7.62. The highest BCUT2D eigenvalue weighted by Crippen LogP contribution is 2.44. The summed E-state index contributed by atoms with van der Waals surface area (Å²) in [4.78, 5) is 4.28. The van der Waals surface area contributed by atoms with Crippen molar-refractivity contribution in [3.8, 4) is 0 Å². The molecule has 0 atom stereocenters. The molecule has 13 heavy (non-hydrogen) atoms. The maximum Gasteiger partial charge on any atom is 0.234 e. The SMILES string of the molecule is BrC(Br)(Br)c1nc2ccccc2o1. The van der Waals surface area contributed by atoms with Gasteiger partial charge in [0.15, 0.2) is 5.58 Å². The molecule has 1 heterocycles. The molecule has 2 aromatic rings. The summed E-state index contributed by atoms with van der Waals surface area (Å²) in [5.41, 5.74) is 1.63. The predicted octanol–water partition coefficient (Wildman–Crippen LogP) is 4.12. The van der Waals surface area contributed by atoms with Crippen LogP contribution in [0.2, 0.25) is 0 Å². The Hall–Kier alpha value is 0.130. The molecule has 0 N–H and O–H groups in total. The van der Waals surface area contributed by atoms with E-state index < -0.39 is 2.14 Å². The van der Waals surface area contributed by atoms with Crippen molar-refractivity contribution in [3.63, 3.8) is 0 Å². The maximum atomic E-state index is 5.48. The van der Waals surface area contributed by atoms with Gasteiger partial charge in [0.05, 0.1) is 0 Å². The van der Waals surface area contributed by atoms with Crippen LogP contribution in [0.5, 0.6) is 0 Å². The fourth-order valence-corrected chi connectivity index (χ4v) is 1.50. The van der Waals surface area contributed by atoms with E-state index in [-0.39, 0.29) is 0 Å². The number of halogens is 3. The number of benzene rings is 1. The molecule has 1 aromatic heterocycles. The van der Waals surface area contributed by atoms with Gasteiger partial charge in [0.25, 0.3) is 0 Å². The molecule has 1 aromatic carbocycles. The van der Waals surface area contributed by atoms with Crippen LogP contribution in [0.15, 0.2) is 28.7 Å². The molecule has 2 nitrogen and oxygen atoms in total. The van der Waals surface area contributed by atoms with Crippen LogP contribution in [0.25, 0.3) is 11.1 Å². The van der Waals surface area contributed by atoms with E-state index in [9.17, 15) is 0 Å². The zero-order valence-corrected chi connectivity index (χ0v) is 11.1. The largest absolute Gasteiger partial charge is 0.437 e. The lowest BCUT2D eigenvalue weighted by Gasteiger charge is -2.04. The summed E-state index contributed by atoms with van der Waals surface area (Å²) in [7, 11) is 0. The molecule has 0 aliphatic rings. The van der Waals surface area contributed by atoms with Gasteiger partial charge in [0.2, 0.25) is 8.03 Å². The van der Waals surface area contributed by atoms with Crippen LogP contribution in [-0.2, 0) is 2.14 Å². The summed E-state index contributed by atoms with van der Waals surface area (Å²) in [5, 5.41) is 0. The van der Waals surface area contributed by atoms with Crippen molar-refractivity contribution in [1.82, 2.24) is 4.98 Å². The van der Waals surface area contributed by atoms with Gasteiger partial charge in [-0.3, -0.25) is 0 Å². The Morgan fingerprint density at radius 2 is 1.85 bits per heavy atom. The Morgan fingerprint density at radius 3 is 2.46 bits per heavy atom. The van der Waals surface area contributed by atoms with E-state index in [0.717, 1.165) is 11.1 Å². The minimum absolute atomic E-state index is 0.550. The molecule has 0 bridgehead atoms. The zero-order chi connectivity index (χ0) is 9.47.